The topological polar surface area (TPSA) is 230 Å². The van der Waals surface area contributed by atoms with Gasteiger partial charge in [-0.25, -0.2) is 9.59 Å². The molecule has 0 bridgehead atoms. The molecule has 12 heteroatoms. The maximum Gasteiger partial charge on any atom is 0.348 e. The van der Waals surface area contributed by atoms with Crippen molar-refractivity contribution in [2.45, 2.75) is 11.2 Å². The van der Waals surface area contributed by atoms with Crippen molar-refractivity contribution in [2.24, 2.45) is 0 Å². The molecule has 8 N–H and O–H groups in total. The van der Waals surface area contributed by atoms with Gasteiger partial charge in [0.25, 0.3) is 11.2 Å². The first-order chi connectivity index (χ1) is 15.7. The summed E-state index contributed by atoms with van der Waals surface area (Å²) in [4.78, 5) is 48.6. The van der Waals surface area contributed by atoms with Crippen LogP contribution in [0, 0.1) is 0 Å². The number of carboxylic acid groups (broad SMARTS) is 2. The lowest BCUT2D eigenvalue weighted by Gasteiger charge is -2.33. The van der Waals surface area contributed by atoms with Crippen molar-refractivity contribution in [1.82, 2.24) is 0 Å². The van der Waals surface area contributed by atoms with Gasteiger partial charge in [-0.15, -0.1) is 0 Å². The highest BCUT2D eigenvalue weighted by Crippen LogP contribution is 2.30. The fourth-order valence-electron chi connectivity index (χ4n) is 2.75. The number of aliphatic hydroxyl groups is 2. The van der Waals surface area contributed by atoms with Gasteiger partial charge < -0.3 is 40.9 Å². The van der Waals surface area contributed by atoms with Gasteiger partial charge in [0.15, 0.2) is 23.0 Å². The van der Waals surface area contributed by atoms with Crippen LogP contribution in [0.3, 0.4) is 0 Å². The fourth-order valence-corrected chi connectivity index (χ4v) is 2.75. The zero-order chi connectivity index (χ0) is 25.8. The summed E-state index contributed by atoms with van der Waals surface area (Å²) in [5, 5.41) is 77.4. The molecule has 2 atom stereocenters. The van der Waals surface area contributed by atoms with Crippen molar-refractivity contribution in [3.05, 3.63) is 59.7 Å². The Morgan fingerprint density at radius 3 is 1.18 bits per heavy atom. The minimum atomic E-state index is -4.19. The zero-order valence-corrected chi connectivity index (χ0v) is 17.0. The van der Waals surface area contributed by atoms with Gasteiger partial charge in [0.1, 0.15) is 0 Å². The van der Waals surface area contributed by atoms with Gasteiger partial charge >= 0.3 is 11.9 Å². The second-order valence-electron chi connectivity index (χ2n) is 6.92. The van der Waals surface area contributed by atoms with Crippen molar-refractivity contribution in [2.75, 3.05) is 0 Å². The predicted molar refractivity (Wildman–Crippen MR) is 113 cm³/mol. The summed E-state index contributed by atoms with van der Waals surface area (Å²) in [5.41, 5.74) is -8.36. The molecule has 12 nitrogen and oxygen atoms in total. The van der Waals surface area contributed by atoms with Gasteiger partial charge in [0.05, 0.1) is 0 Å². The summed E-state index contributed by atoms with van der Waals surface area (Å²) in [7, 11) is 0. The molecule has 0 heterocycles. The monoisotopic (exact) mass is 474 g/mol. The number of hydrogen-bond donors (Lipinski definition) is 8. The minimum Gasteiger partial charge on any atom is -0.504 e. The standard InChI is InChI=1S/C22H18O12/c23-13-5-1-11(9-15(13)25)3-7-17(27)21(33,19(29)30)22(34,20(31)32)18(28)8-4-12-2-6-14(24)16(26)10-12/h1-10,23-26,33-34H,(H,29,30)(H,31,32)/b7-3+,8-4+/t21-,22-/m1/s1. The number of carbonyl (C=O) groups excluding carboxylic acids is 2. The number of aromatic hydroxyl groups is 4. The molecule has 0 unspecified atom stereocenters. The summed E-state index contributed by atoms with van der Waals surface area (Å²) < 4.78 is 0. The molecule has 178 valence electrons. The number of phenols is 4. The number of hydrogen-bond acceptors (Lipinski definition) is 10. The molecular weight excluding hydrogens is 456 g/mol. The van der Waals surface area contributed by atoms with E-state index in [0.717, 1.165) is 36.4 Å². The molecular formula is C22H18O12. The fraction of sp³-hybridized carbons (Fsp3) is 0.0909. The van der Waals surface area contributed by atoms with E-state index in [1.54, 1.807) is 0 Å². The lowest BCUT2D eigenvalue weighted by Crippen LogP contribution is -2.71. The van der Waals surface area contributed by atoms with Crippen LogP contribution in [-0.2, 0) is 19.2 Å². The maximum atomic E-state index is 12.6. The third-order valence-corrected chi connectivity index (χ3v) is 4.71. The third-order valence-electron chi connectivity index (χ3n) is 4.71. The van der Waals surface area contributed by atoms with Crippen molar-refractivity contribution in [3.63, 3.8) is 0 Å². The Morgan fingerprint density at radius 2 is 0.912 bits per heavy atom. The van der Waals surface area contributed by atoms with Crippen molar-refractivity contribution in [3.8, 4) is 23.0 Å². The van der Waals surface area contributed by atoms with Crippen molar-refractivity contribution < 1.29 is 60.0 Å². The first-order valence-corrected chi connectivity index (χ1v) is 9.15. The zero-order valence-electron chi connectivity index (χ0n) is 17.0. The summed E-state index contributed by atoms with van der Waals surface area (Å²) in [5.74, 6) is -11.1. The SMILES string of the molecule is O=C(O)[C@](O)(C(=O)/C=C/c1ccc(O)c(O)c1)[C@](O)(C(=O)O)C(=O)/C=C/c1ccc(O)c(O)c1. The highest BCUT2D eigenvalue weighted by atomic mass is 16.5. The molecule has 0 amide bonds. The van der Waals surface area contributed by atoms with Gasteiger partial charge in [-0.2, -0.15) is 0 Å². The van der Waals surface area contributed by atoms with E-state index in [4.69, 9.17) is 0 Å². The molecule has 2 rings (SSSR count). The molecule has 0 spiro atoms. The van der Waals surface area contributed by atoms with Crippen LogP contribution in [0.15, 0.2) is 48.6 Å². The van der Waals surface area contributed by atoms with Crippen LogP contribution in [0.25, 0.3) is 12.2 Å². The second-order valence-corrected chi connectivity index (χ2v) is 6.92. The van der Waals surface area contributed by atoms with E-state index in [9.17, 15) is 60.0 Å². The Morgan fingerprint density at radius 1 is 0.588 bits per heavy atom. The van der Waals surface area contributed by atoms with Gasteiger partial charge in [-0.05, 0) is 47.5 Å². The molecule has 0 aromatic heterocycles. The van der Waals surface area contributed by atoms with E-state index in [-0.39, 0.29) is 11.1 Å². The lowest BCUT2D eigenvalue weighted by atomic mass is 9.76. The first-order valence-electron chi connectivity index (χ1n) is 9.15. The Kier molecular flexibility index (Phi) is 7.10. The van der Waals surface area contributed by atoms with E-state index in [1.165, 1.54) is 12.1 Å². The number of phenolic OH excluding ortho intramolecular Hbond substituents is 4. The smallest absolute Gasteiger partial charge is 0.348 e. The number of rotatable bonds is 9. The predicted octanol–water partition coefficient (Wildman–Crippen LogP) is 0.00520. The molecule has 34 heavy (non-hydrogen) atoms. The van der Waals surface area contributed by atoms with Crippen LogP contribution >= 0.6 is 0 Å². The lowest BCUT2D eigenvalue weighted by molar-refractivity contribution is -0.204. The Labute approximate surface area is 190 Å². The van der Waals surface area contributed by atoms with Gasteiger partial charge in [0, 0.05) is 0 Å². The quantitative estimate of drug-likeness (QED) is 0.136. The molecule has 0 saturated heterocycles. The van der Waals surface area contributed by atoms with Crippen LogP contribution in [0.4, 0.5) is 0 Å². The number of aliphatic carboxylic acids is 2. The van der Waals surface area contributed by atoms with Crippen LogP contribution in [0.2, 0.25) is 0 Å². The van der Waals surface area contributed by atoms with Gasteiger partial charge in [0.2, 0.25) is 11.6 Å². The van der Waals surface area contributed by atoms with Crippen LogP contribution in [-0.4, -0.2) is 75.6 Å². The molecule has 0 saturated carbocycles. The Balaban J connectivity index is 2.49. The van der Waals surface area contributed by atoms with E-state index in [1.807, 2.05) is 0 Å². The van der Waals surface area contributed by atoms with E-state index < -0.39 is 57.7 Å². The van der Waals surface area contributed by atoms with Gasteiger partial charge in [-0.3, -0.25) is 9.59 Å². The first kappa shape index (κ1) is 25.6. The molecule has 0 radical (unpaired) electrons. The molecule has 0 aliphatic rings. The average molecular weight is 474 g/mol. The Hall–Kier alpha value is -4.68. The summed E-state index contributed by atoms with van der Waals surface area (Å²) in [6.45, 7) is 0. The normalized spacial score (nSPS) is 15.0. The van der Waals surface area contributed by atoms with E-state index in [0.29, 0.717) is 12.2 Å². The number of carboxylic acids is 2. The number of ketones is 2. The van der Waals surface area contributed by atoms with Crippen LogP contribution in [0.1, 0.15) is 11.1 Å². The second kappa shape index (κ2) is 9.44. The summed E-state index contributed by atoms with van der Waals surface area (Å²) >= 11 is 0. The summed E-state index contributed by atoms with van der Waals surface area (Å²) in [6.07, 6.45) is 2.39. The summed E-state index contributed by atoms with van der Waals surface area (Å²) in [6, 6.07) is 6.27. The molecule has 0 fully saturated rings. The van der Waals surface area contributed by atoms with Gasteiger partial charge in [-0.1, -0.05) is 24.3 Å². The number of carbonyl (C=O) groups is 4. The van der Waals surface area contributed by atoms with Crippen LogP contribution < -0.4 is 0 Å². The van der Waals surface area contributed by atoms with E-state index in [2.05, 4.69) is 0 Å². The molecule has 0 aliphatic carbocycles. The largest absolute Gasteiger partial charge is 0.504 e. The third kappa shape index (κ3) is 4.57. The highest BCUT2D eigenvalue weighted by Gasteiger charge is 2.68. The van der Waals surface area contributed by atoms with Crippen molar-refractivity contribution in [1.29, 1.82) is 0 Å². The molecule has 0 aliphatic heterocycles. The minimum absolute atomic E-state index is 0.00798. The molecule has 2 aromatic carbocycles. The molecule has 2 aromatic rings. The average Bonchev–Trinajstić information content (AvgIpc) is 2.78. The number of benzene rings is 2. The van der Waals surface area contributed by atoms with Crippen LogP contribution in [0.5, 0.6) is 23.0 Å². The Bertz CT molecular complexity index is 1130. The highest BCUT2D eigenvalue weighted by molar-refractivity contribution is 6.27. The van der Waals surface area contributed by atoms with E-state index >= 15 is 0 Å². The maximum absolute atomic E-state index is 12.6. The van der Waals surface area contributed by atoms with Crippen molar-refractivity contribution >= 4 is 35.7 Å².